The Morgan fingerprint density at radius 3 is 2.61 bits per heavy atom. The average molecular weight is 335 g/mol. The molecule has 23 heavy (non-hydrogen) atoms. The average Bonchev–Trinajstić information content (AvgIpc) is 2.93. The molecule has 0 aliphatic carbocycles. The molecule has 0 fully saturated rings. The molecular weight excluding hydrogens is 318 g/mol. The van der Waals surface area contributed by atoms with Crippen LogP contribution in [0, 0.1) is 10.1 Å². The first-order valence-electron chi connectivity index (χ1n) is 6.97. The minimum absolute atomic E-state index is 0.0390. The molecule has 1 aromatic heterocycles. The lowest BCUT2D eigenvalue weighted by Gasteiger charge is -2.25. The Bertz CT molecular complexity index is 710. The van der Waals surface area contributed by atoms with Crippen molar-refractivity contribution in [2.75, 3.05) is 5.32 Å². The topological polar surface area (TPSA) is 105 Å². The second-order valence-electron chi connectivity index (χ2n) is 5.74. The first kappa shape index (κ1) is 16.9. The molecule has 0 saturated carbocycles. The molecule has 0 aliphatic heterocycles. The van der Waals surface area contributed by atoms with Gasteiger partial charge in [-0.1, -0.05) is 0 Å². The van der Waals surface area contributed by atoms with Crippen LogP contribution in [-0.4, -0.2) is 26.5 Å². The van der Waals surface area contributed by atoms with Crippen molar-refractivity contribution in [3.8, 4) is 11.3 Å². The number of rotatable bonds is 7. The third-order valence-electron chi connectivity index (χ3n) is 3.29. The molecule has 2 rings (SSSR count). The summed E-state index contributed by atoms with van der Waals surface area (Å²) < 4.78 is 0. The van der Waals surface area contributed by atoms with Crippen LogP contribution in [0.3, 0.4) is 0 Å². The number of carboxylic acids is 1. The van der Waals surface area contributed by atoms with Crippen molar-refractivity contribution in [3.05, 3.63) is 39.8 Å². The van der Waals surface area contributed by atoms with Crippen LogP contribution >= 0.6 is 11.3 Å². The molecule has 0 atom stereocenters. The number of hydrogen-bond donors (Lipinski definition) is 2. The summed E-state index contributed by atoms with van der Waals surface area (Å²) in [5.41, 5.74) is 1.17. The number of nitro groups is 1. The van der Waals surface area contributed by atoms with Gasteiger partial charge >= 0.3 is 5.97 Å². The van der Waals surface area contributed by atoms with Crippen molar-refractivity contribution in [1.29, 1.82) is 0 Å². The van der Waals surface area contributed by atoms with Gasteiger partial charge in [0.15, 0.2) is 5.13 Å². The van der Waals surface area contributed by atoms with Gasteiger partial charge in [0.2, 0.25) is 0 Å². The highest BCUT2D eigenvalue weighted by Gasteiger charge is 2.20. The molecular formula is C15H17N3O4S. The zero-order chi connectivity index (χ0) is 17.0. The van der Waals surface area contributed by atoms with Crippen LogP contribution in [0.15, 0.2) is 29.6 Å². The van der Waals surface area contributed by atoms with Crippen LogP contribution in [0.4, 0.5) is 10.8 Å². The third kappa shape index (κ3) is 4.75. The second-order valence-corrected chi connectivity index (χ2v) is 6.60. The number of hydrogen-bond acceptors (Lipinski definition) is 6. The van der Waals surface area contributed by atoms with Gasteiger partial charge in [-0.15, -0.1) is 11.3 Å². The molecule has 0 radical (unpaired) electrons. The van der Waals surface area contributed by atoms with E-state index >= 15 is 0 Å². The molecule has 0 aliphatic rings. The second kappa shape index (κ2) is 6.74. The number of aromatic nitrogens is 1. The zero-order valence-corrected chi connectivity index (χ0v) is 13.6. The van der Waals surface area contributed by atoms with Gasteiger partial charge in [-0.05, 0) is 32.4 Å². The molecule has 2 aromatic rings. The highest BCUT2D eigenvalue weighted by molar-refractivity contribution is 7.14. The van der Waals surface area contributed by atoms with Gasteiger partial charge in [-0.25, -0.2) is 4.98 Å². The highest BCUT2D eigenvalue weighted by atomic mass is 32.1. The summed E-state index contributed by atoms with van der Waals surface area (Å²) in [7, 11) is 0. The van der Waals surface area contributed by atoms with Crippen LogP contribution in [0.1, 0.15) is 26.7 Å². The Hall–Kier alpha value is -2.48. The Morgan fingerprint density at radius 2 is 2.04 bits per heavy atom. The molecule has 7 nitrogen and oxygen atoms in total. The van der Waals surface area contributed by atoms with E-state index in [-0.39, 0.29) is 17.6 Å². The fraction of sp³-hybridized carbons (Fsp3) is 0.333. The molecule has 0 unspecified atom stereocenters. The van der Waals surface area contributed by atoms with Crippen molar-refractivity contribution >= 4 is 28.1 Å². The largest absolute Gasteiger partial charge is 0.481 e. The predicted octanol–water partition coefficient (Wildman–Crippen LogP) is 3.77. The first-order chi connectivity index (χ1) is 10.8. The predicted molar refractivity (Wildman–Crippen MR) is 88.8 cm³/mol. The molecule has 0 saturated heterocycles. The fourth-order valence-electron chi connectivity index (χ4n) is 1.99. The molecule has 1 aromatic carbocycles. The van der Waals surface area contributed by atoms with Gasteiger partial charge in [0.05, 0.1) is 10.6 Å². The van der Waals surface area contributed by atoms with E-state index in [1.165, 1.54) is 23.5 Å². The number of non-ortho nitro benzene ring substituents is 1. The summed E-state index contributed by atoms with van der Waals surface area (Å²) in [6.45, 7) is 3.84. The summed E-state index contributed by atoms with van der Waals surface area (Å²) in [6.07, 6.45) is 0.565. The zero-order valence-electron chi connectivity index (χ0n) is 12.8. The van der Waals surface area contributed by atoms with Gasteiger partial charge in [0.1, 0.15) is 0 Å². The van der Waals surface area contributed by atoms with E-state index in [2.05, 4.69) is 10.3 Å². The van der Waals surface area contributed by atoms with Crippen LogP contribution < -0.4 is 5.32 Å². The van der Waals surface area contributed by atoms with Crippen LogP contribution in [0.2, 0.25) is 0 Å². The van der Waals surface area contributed by atoms with E-state index in [0.29, 0.717) is 11.6 Å². The van der Waals surface area contributed by atoms with E-state index < -0.39 is 10.9 Å². The number of carbonyl (C=O) groups is 1. The van der Waals surface area contributed by atoms with Gasteiger partial charge in [0.25, 0.3) is 5.69 Å². The van der Waals surface area contributed by atoms with Crippen molar-refractivity contribution in [3.63, 3.8) is 0 Å². The molecule has 0 amide bonds. The Balaban J connectivity index is 2.08. The van der Waals surface area contributed by atoms with E-state index in [1.807, 2.05) is 19.2 Å². The smallest absolute Gasteiger partial charge is 0.303 e. The Morgan fingerprint density at radius 1 is 1.39 bits per heavy atom. The SMILES string of the molecule is CC(C)(CCC(=O)O)Nc1nc(-c2ccc([N+](=O)[O-])cc2)cs1. The molecule has 0 spiro atoms. The van der Waals surface area contributed by atoms with Crippen molar-refractivity contribution in [1.82, 2.24) is 4.98 Å². The van der Waals surface area contributed by atoms with Crippen LogP contribution in [0.25, 0.3) is 11.3 Å². The number of aliphatic carboxylic acids is 1. The third-order valence-corrected chi connectivity index (χ3v) is 4.04. The van der Waals surface area contributed by atoms with Gasteiger partial charge in [-0.3, -0.25) is 14.9 Å². The van der Waals surface area contributed by atoms with Gasteiger partial charge < -0.3 is 10.4 Å². The number of anilines is 1. The molecule has 122 valence electrons. The van der Waals surface area contributed by atoms with Crippen LogP contribution in [0.5, 0.6) is 0 Å². The summed E-state index contributed by atoms with van der Waals surface area (Å²) in [6, 6.07) is 6.20. The highest BCUT2D eigenvalue weighted by Crippen LogP contribution is 2.29. The molecule has 8 heteroatoms. The van der Waals surface area contributed by atoms with Crippen molar-refractivity contribution in [2.24, 2.45) is 0 Å². The summed E-state index contributed by atoms with van der Waals surface area (Å²) in [5, 5.41) is 25.2. The number of nitrogens with zero attached hydrogens (tertiary/aromatic N) is 2. The van der Waals surface area contributed by atoms with Crippen molar-refractivity contribution < 1.29 is 14.8 Å². The maximum Gasteiger partial charge on any atom is 0.303 e. The lowest BCUT2D eigenvalue weighted by Crippen LogP contribution is -2.31. The van der Waals surface area contributed by atoms with Gasteiger partial charge in [-0.2, -0.15) is 0 Å². The monoisotopic (exact) mass is 335 g/mol. The minimum Gasteiger partial charge on any atom is -0.481 e. The van der Waals surface area contributed by atoms with E-state index in [1.54, 1.807) is 12.1 Å². The summed E-state index contributed by atoms with van der Waals surface area (Å²) in [5.74, 6) is -0.828. The normalized spacial score (nSPS) is 11.2. The van der Waals surface area contributed by atoms with Crippen molar-refractivity contribution in [2.45, 2.75) is 32.2 Å². The lowest BCUT2D eigenvalue weighted by molar-refractivity contribution is -0.384. The minimum atomic E-state index is -0.828. The Kier molecular flexibility index (Phi) is 4.95. The molecule has 0 bridgehead atoms. The maximum atomic E-state index is 10.7. The number of thiazole rings is 1. The Labute approximate surface area is 137 Å². The fourth-order valence-corrected chi connectivity index (χ4v) is 2.89. The van der Waals surface area contributed by atoms with E-state index in [9.17, 15) is 14.9 Å². The van der Waals surface area contributed by atoms with E-state index in [4.69, 9.17) is 5.11 Å². The van der Waals surface area contributed by atoms with E-state index in [0.717, 1.165) is 11.3 Å². The standard InChI is InChI=1S/C15H17N3O4S/c1-15(2,8-7-13(19)20)17-14-16-12(9-23-14)10-3-5-11(6-4-10)18(21)22/h3-6,9H,7-8H2,1-2H3,(H,16,17)(H,19,20). The summed E-state index contributed by atoms with van der Waals surface area (Å²) in [4.78, 5) is 25.3. The lowest BCUT2D eigenvalue weighted by atomic mass is 9.99. The number of nitro benzene ring substituents is 1. The number of benzene rings is 1. The first-order valence-corrected chi connectivity index (χ1v) is 7.85. The number of carboxylic acid groups (broad SMARTS) is 1. The van der Waals surface area contributed by atoms with Crippen LogP contribution in [-0.2, 0) is 4.79 Å². The quantitative estimate of drug-likeness (QED) is 0.589. The van der Waals surface area contributed by atoms with Gasteiger partial charge in [0, 0.05) is 35.0 Å². The summed E-state index contributed by atoms with van der Waals surface area (Å²) >= 11 is 1.41. The molecule has 2 N–H and O–H groups in total. The molecule has 1 heterocycles. The maximum absolute atomic E-state index is 10.7. The number of nitrogens with one attached hydrogen (secondary N) is 1.